The summed E-state index contributed by atoms with van der Waals surface area (Å²) in [6.07, 6.45) is 3.07. The molecule has 6 heteroatoms. The maximum atomic E-state index is 12.4. The van der Waals surface area contributed by atoms with E-state index in [4.69, 9.17) is 9.15 Å². The number of hydrogen-bond acceptors (Lipinski definition) is 4. The van der Waals surface area contributed by atoms with E-state index in [-0.39, 0.29) is 17.9 Å². The highest BCUT2D eigenvalue weighted by Gasteiger charge is 2.19. The van der Waals surface area contributed by atoms with Gasteiger partial charge in [0.25, 0.3) is 0 Å². The Balaban J connectivity index is 1.53. The Morgan fingerprint density at radius 1 is 1.03 bits per heavy atom. The lowest BCUT2D eigenvalue weighted by Gasteiger charge is -2.16. The van der Waals surface area contributed by atoms with Crippen molar-refractivity contribution in [3.63, 3.8) is 0 Å². The maximum absolute atomic E-state index is 12.4. The third kappa shape index (κ3) is 5.25. The van der Waals surface area contributed by atoms with Crippen LogP contribution < -0.4 is 15.4 Å². The highest BCUT2D eigenvalue weighted by atomic mass is 16.5. The average Bonchev–Trinajstić information content (AvgIpc) is 3.17. The zero-order chi connectivity index (χ0) is 20.8. The van der Waals surface area contributed by atoms with Gasteiger partial charge in [0.2, 0.25) is 11.8 Å². The molecule has 6 nitrogen and oxygen atoms in total. The summed E-state index contributed by atoms with van der Waals surface area (Å²) in [5.74, 6) is 0.775. The molecule has 1 heterocycles. The number of para-hydroxylation sites is 1. The first kappa shape index (κ1) is 20.2. The number of furan rings is 1. The lowest BCUT2D eigenvalue weighted by molar-refractivity contribution is -0.127. The Morgan fingerprint density at radius 2 is 1.76 bits per heavy atom. The van der Waals surface area contributed by atoms with Crippen molar-refractivity contribution in [3.8, 4) is 5.75 Å². The van der Waals surface area contributed by atoms with E-state index in [0.717, 1.165) is 22.3 Å². The van der Waals surface area contributed by atoms with Crippen LogP contribution in [0, 0.1) is 0 Å². The van der Waals surface area contributed by atoms with Crippen LogP contribution >= 0.6 is 0 Å². The quantitative estimate of drug-likeness (QED) is 0.599. The standard InChI is InChI=1S/C23H24N2O4/c1-15(21-14-18-6-4-5-7-20(18)29-21)25-23(27)16(2)24-22(26)13-10-17-8-11-19(28-3)12-9-17/h4-16H,1-3H3,(H,24,26)(H,25,27)/b13-10+. The van der Waals surface area contributed by atoms with Crippen molar-refractivity contribution in [3.05, 3.63) is 72.0 Å². The number of carbonyl (C=O) groups excluding carboxylic acids is 2. The van der Waals surface area contributed by atoms with Crippen molar-refractivity contribution in [2.45, 2.75) is 25.9 Å². The van der Waals surface area contributed by atoms with Crippen LogP contribution in [0.2, 0.25) is 0 Å². The molecule has 0 fully saturated rings. The lowest BCUT2D eigenvalue weighted by Crippen LogP contribution is -2.44. The van der Waals surface area contributed by atoms with Crippen LogP contribution in [0.5, 0.6) is 5.75 Å². The monoisotopic (exact) mass is 392 g/mol. The van der Waals surface area contributed by atoms with Gasteiger partial charge in [-0.1, -0.05) is 30.3 Å². The summed E-state index contributed by atoms with van der Waals surface area (Å²) >= 11 is 0. The fraction of sp³-hybridized carbons (Fsp3) is 0.217. The van der Waals surface area contributed by atoms with Crippen LogP contribution in [-0.2, 0) is 9.59 Å². The zero-order valence-electron chi connectivity index (χ0n) is 16.6. The van der Waals surface area contributed by atoms with Crippen molar-refractivity contribution in [1.82, 2.24) is 10.6 Å². The molecule has 0 aliphatic carbocycles. The molecule has 2 amide bonds. The molecule has 3 rings (SSSR count). The summed E-state index contributed by atoms with van der Waals surface area (Å²) in [7, 11) is 1.60. The van der Waals surface area contributed by atoms with Gasteiger partial charge in [0.1, 0.15) is 23.1 Å². The van der Waals surface area contributed by atoms with E-state index in [1.807, 2.05) is 61.5 Å². The van der Waals surface area contributed by atoms with Gasteiger partial charge < -0.3 is 19.8 Å². The van der Waals surface area contributed by atoms with Gasteiger partial charge in [-0.15, -0.1) is 0 Å². The molecule has 2 aromatic carbocycles. The fourth-order valence-electron chi connectivity index (χ4n) is 2.84. The van der Waals surface area contributed by atoms with Crippen molar-refractivity contribution in [2.24, 2.45) is 0 Å². The summed E-state index contributed by atoms with van der Waals surface area (Å²) in [5, 5.41) is 6.51. The highest BCUT2D eigenvalue weighted by Crippen LogP contribution is 2.23. The molecule has 2 N–H and O–H groups in total. The third-order valence-corrected chi connectivity index (χ3v) is 4.53. The Hall–Kier alpha value is -3.54. The Bertz CT molecular complexity index is 988. The van der Waals surface area contributed by atoms with Gasteiger partial charge in [-0.25, -0.2) is 0 Å². The smallest absolute Gasteiger partial charge is 0.244 e. The molecular weight excluding hydrogens is 368 g/mol. The number of methoxy groups -OCH3 is 1. The molecule has 29 heavy (non-hydrogen) atoms. The van der Waals surface area contributed by atoms with Crippen LogP contribution in [0.4, 0.5) is 0 Å². The van der Waals surface area contributed by atoms with Crippen LogP contribution in [0.25, 0.3) is 17.0 Å². The predicted molar refractivity (Wildman–Crippen MR) is 112 cm³/mol. The van der Waals surface area contributed by atoms with Gasteiger partial charge >= 0.3 is 0 Å². The van der Waals surface area contributed by atoms with Crippen molar-refractivity contribution in [1.29, 1.82) is 0 Å². The SMILES string of the molecule is COc1ccc(/C=C/C(=O)NC(C)C(=O)NC(C)c2cc3ccccc3o2)cc1. The first-order valence-corrected chi connectivity index (χ1v) is 9.38. The number of ether oxygens (including phenoxy) is 1. The van der Waals surface area contributed by atoms with Gasteiger partial charge in [0, 0.05) is 11.5 Å². The second kappa shape index (κ2) is 9.10. The average molecular weight is 392 g/mol. The maximum Gasteiger partial charge on any atom is 0.244 e. The number of benzene rings is 2. The summed E-state index contributed by atoms with van der Waals surface area (Å²) in [5.41, 5.74) is 1.63. The largest absolute Gasteiger partial charge is 0.497 e. The van der Waals surface area contributed by atoms with Crippen molar-refractivity contribution < 1.29 is 18.7 Å². The molecule has 2 unspecified atom stereocenters. The van der Waals surface area contributed by atoms with E-state index in [1.54, 1.807) is 20.1 Å². The second-order valence-corrected chi connectivity index (χ2v) is 6.75. The molecule has 0 aliphatic heterocycles. The first-order chi connectivity index (χ1) is 14.0. The van der Waals surface area contributed by atoms with Crippen LogP contribution in [0.3, 0.4) is 0 Å². The number of amides is 2. The summed E-state index contributed by atoms with van der Waals surface area (Å²) in [6.45, 7) is 3.48. The fourth-order valence-corrected chi connectivity index (χ4v) is 2.84. The molecule has 0 spiro atoms. The highest BCUT2D eigenvalue weighted by molar-refractivity contribution is 5.95. The number of carbonyl (C=O) groups is 2. The molecule has 0 saturated carbocycles. The molecule has 1 aromatic heterocycles. The lowest BCUT2D eigenvalue weighted by atomic mass is 10.2. The van der Waals surface area contributed by atoms with Crippen molar-refractivity contribution >= 4 is 28.9 Å². The minimum atomic E-state index is -0.685. The summed E-state index contributed by atoms with van der Waals surface area (Å²) in [4.78, 5) is 24.5. The Kier molecular flexibility index (Phi) is 6.34. The molecule has 0 saturated heterocycles. The van der Waals surface area contributed by atoms with E-state index in [1.165, 1.54) is 6.08 Å². The van der Waals surface area contributed by atoms with Gasteiger partial charge in [0.15, 0.2) is 0 Å². The van der Waals surface area contributed by atoms with Gasteiger partial charge in [0.05, 0.1) is 13.2 Å². The third-order valence-electron chi connectivity index (χ3n) is 4.53. The molecule has 3 aromatic rings. The molecule has 150 valence electrons. The number of nitrogens with one attached hydrogen (secondary N) is 2. The molecule has 0 radical (unpaired) electrons. The number of rotatable bonds is 7. The molecule has 0 aliphatic rings. The van der Waals surface area contributed by atoms with Crippen LogP contribution in [0.15, 0.2) is 65.1 Å². The minimum absolute atomic E-state index is 0.288. The van der Waals surface area contributed by atoms with Gasteiger partial charge in [-0.3, -0.25) is 9.59 Å². The van der Waals surface area contributed by atoms with Gasteiger partial charge in [-0.05, 0) is 49.8 Å². The van der Waals surface area contributed by atoms with Crippen LogP contribution in [0.1, 0.15) is 31.2 Å². The van der Waals surface area contributed by atoms with E-state index < -0.39 is 6.04 Å². The van der Waals surface area contributed by atoms with E-state index in [2.05, 4.69) is 10.6 Å². The van der Waals surface area contributed by atoms with Crippen LogP contribution in [-0.4, -0.2) is 25.0 Å². The summed E-state index contributed by atoms with van der Waals surface area (Å²) in [6, 6.07) is 15.9. The normalized spacial score (nSPS) is 13.2. The minimum Gasteiger partial charge on any atom is -0.497 e. The topological polar surface area (TPSA) is 80.6 Å². The van der Waals surface area contributed by atoms with Gasteiger partial charge in [-0.2, -0.15) is 0 Å². The van der Waals surface area contributed by atoms with E-state index >= 15 is 0 Å². The zero-order valence-corrected chi connectivity index (χ0v) is 16.6. The summed E-state index contributed by atoms with van der Waals surface area (Å²) < 4.78 is 10.9. The van der Waals surface area contributed by atoms with E-state index in [0.29, 0.717) is 5.76 Å². The number of hydrogen-bond donors (Lipinski definition) is 2. The van der Waals surface area contributed by atoms with Crippen molar-refractivity contribution in [2.75, 3.05) is 7.11 Å². The Morgan fingerprint density at radius 3 is 2.45 bits per heavy atom. The molecular formula is C23H24N2O4. The molecule has 2 atom stereocenters. The second-order valence-electron chi connectivity index (χ2n) is 6.75. The van der Waals surface area contributed by atoms with E-state index in [9.17, 15) is 9.59 Å². The Labute approximate surface area is 169 Å². The number of fused-ring (bicyclic) bond motifs is 1. The predicted octanol–water partition coefficient (Wildman–Crippen LogP) is 3.84. The first-order valence-electron chi connectivity index (χ1n) is 9.38. The molecule has 0 bridgehead atoms.